The van der Waals surface area contributed by atoms with Crippen LogP contribution in [0.2, 0.25) is 10.0 Å². The SMILES string of the molecule is CCc1nc2sc([C@@H](c3ccc(Cl)c(Cl)c3)N3CCCCC3)c(O)n2n1. The Hall–Kier alpha value is -1.34. The van der Waals surface area contributed by atoms with E-state index < -0.39 is 0 Å². The van der Waals surface area contributed by atoms with Crippen LogP contribution in [-0.2, 0) is 6.42 Å². The first-order valence-corrected chi connectivity index (χ1v) is 10.4. The Morgan fingerprint density at radius 2 is 1.96 bits per heavy atom. The van der Waals surface area contributed by atoms with Crippen LogP contribution in [0.15, 0.2) is 18.2 Å². The highest BCUT2D eigenvalue weighted by Gasteiger charge is 2.30. The molecule has 1 aliphatic rings. The molecule has 0 bridgehead atoms. The summed E-state index contributed by atoms with van der Waals surface area (Å²) in [7, 11) is 0. The molecule has 1 aromatic carbocycles. The molecule has 0 unspecified atom stereocenters. The van der Waals surface area contributed by atoms with Gasteiger partial charge in [0, 0.05) is 6.42 Å². The summed E-state index contributed by atoms with van der Waals surface area (Å²) in [6, 6.07) is 5.62. The van der Waals surface area contributed by atoms with Crippen molar-refractivity contribution in [1.82, 2.24) is 19.5 Å². The number of aromatic nitrogens is 3. The number of fused-ring (bicyclic) bond motifs is 1. The lowest BCUT2D eigenvalue weighted by molar-refractivity contribution is 0.186. The van der Waals surface area contributed by atoms with Crippen molar-refractivity contribution in [2.45, 2.75) is 38.6 Å². The molecule has 0 spiro atoms. The minimum Gasteiger partial charge on any atom is -0.492 e. The van der Waals surface area contributed by atoms with E-state index in [0.29, 0.717) is 10.0 Å². The van der Waals surface area contributed by atoms with Gasteiger partial charge >= 0.3 is 0 Å². The van der Waals surface area contributed by atoms with Crippen molar-refractivity contribution in [3.63, 3.8) is 0 Å². The maximum atomic E-state index is 10.9. The Kier molecular flexibility index (Phi) is 5.10. The maximum absolute atomic E-state index is 10.9. The second-order valence-corrected chi connectivity index (χ2v) is 8.36. The summed E-state index contributed by atoms with van der Waals surface area (Å²) < 4.78 is 1.55. The van der Waals surface area contributed by atoms with Crippen molar-refractivity contribution in [3.8, 4) is 5.88 Å². The molecule has 138 valence electrons. The minimum atomic E-state index is -0.0800. The average Bonchev–Trinajstić information content (AvgIpc) is 3.19. The van der Waals surface area contributed by atoms with Gasteiger partial charge in [0.1, 0.15) is 0 Å². The highest BCUT2D eigenvalue weighted by Crippen LogP contribution is 2.42. The molecule has 2 aromatic heterocycles. The molecule has 0 aliphatic carbocycles. The summed E-state index contributed by atoms with van der Waals surface area (Å²) in [4.78, 5) is 8.48. The number of hydrogen-bond donors (Lipinski definition) is 1. The van der Waals surface area contributed by atoms with Gasteiger partial charge in [-0.05, 0) is 43.6 Å². The zero-order valence-corrected chi connectivity index (χ0v) is 16.8. The number of likely N-dealkylation sites (tertiary alicyclic amines) is 1. The summed E-state index contributed by atoms with van der Waals surface area (Å²) in [5.41, 5.74) is 1.02. The number of nitrogens with zero attached hydrogens (tertiary/aromatic N) is 4. The molecule has 8 heteroatoms. The van der Waals surface area contributed by atoms with Crippen LogP contribution in [0.5, 0.6) is 5.88 Å². The largest absolute Gasteiger partial charge is 0.492 e. The van der Waals surface area contributed by atoms with Crippen molar-refractivity contribution in [2.75, 3.05) is 13.1 Å². The first-order valence-electron chi connectivity index (χ1n) is 8.84. The highest BCUT2D eigenvalue weighted by molar-refractivity contribution is 7.17. The molecular formula is C18H20Cl2N4OS. The van der Waals surface area contributed by atoms with Gasteiger partial charge in [-0.1, -0.05) is 53.9 Å². The fraction of sp³-hybridized carbons (Fsp3) is 0.444. The summed E-state index contributed by atoms with van der Waals surface area (Å²) in [6.07, 6.45) is 4.29. The van der Waals surface area contributed by atoms with Gasteiger partial charge < -0.3 is 5.11 Å². The van der Waals surface area contributed by atoms with E-state index in [9.17, 15) is 5.11 Å². The molecule has 1 saturated heterocycles. The lowest BCUT2D eigenvalue weighted by atomic mass is 10.0. The van der Waals surface area contributed by atoms with Crippen LogP contribution in [0.1, 0.15) is 48.5 Å². The van der Waals surface area contributed by atoms with E-state index in [1.54, 1.807) is 4.52 Å². The molecule has 0 radical (unpaired) electrons. The minimum absolute atomic E-state index is 0.0800. The lowest BCUT2D eigenvalue weighted by Gasteiger charge is -2.34. The van der Waals surface area contributed by atoms with E-state index >= 15 is 0 Å². The zero-order valence-electron chi connectivity index (χ0n) is 14.5. The van der Waals surface area contributed by atoms with Crippen molar-refractivity contribution in [2.24, 2.45) is 0 Å². The normalized spacial score (nSPS) is 17.0. The Morgan fingerprint density at radius 1 is 1.19 bits per heavy atom. The van der Waals surface area contributed by atoms with Crippen LogP contribution in [0.25, 0.3) is 4.96 Å². The maximum Gasteiger partial charge on any atom is 0.230 e. The molecular weight excluding hydrogens is 391 g/mol. The van der Waals surface area contributed by atoms with Gasteiger partial charge in [-0.2, -0.15) is 4.52 Å². The van der Waals surface area contributed by atoms with Gasteiger partial charge in [-0.25, -0.2) is 4.98 Å². The molecule has 3 aromatic rings. The van der Waals surface area contributed by atoms with Crippen LogP contribution in [0.3, 0.4) is 0 Å². The number of halogens is 2. The van der Waals surface area contributed by atoms with Crippen molar-refractivity contribution in [3.05, 3.63) is 44.5 Å². The Morgan fingerprint density at radius 3 is 2.62 bits per heavy atom. The molecule has 0 saturated carbocycles. The molecule has 1 aliphatic heterocycles. The third-order valence-electron chi connectivity index (χ3n) is 4.82. The predicted octanol–water partition coefficient (Wildman–Crippen LogP) is 4.94. The Bertz CT molecular complexity index is 933. The molecule has 4 rings (SSSR count). The second-order valence-electron chi connectivity index (χ2n) is 6.54. The van der Waals surface area contributed by atoms with Crippen LogP contribution >= 0.6 is 34.5 Å². The molecule has 1 fully saturated rings. The quantitative estimate of drug-likeness (QED) is 0.661. The van der Waals surface area contributed by atoms with Gasteiger partial charge in [0.15, 0.2) is 5.82 Å². The topological polar surface area (TPSA) is 53.7 Å². The van der Waals surface area contributed by atoms with Crippen LogP contribution in [0, 0.1) is 0 Å². The summed E-state index contributed by atoms with van der Waals surface area (Å²) in [5.74, 6) is 0.904. The Labute approximate surface area is 166 Å². The first kappa shape index (κ1) is 18.0. The van der Waals surface area contributed by atoms with Crippen molar-refractivity contribution in [1.29, 1.82) is 0 Å². The van der Waals surface area contributed by atoms with E-state index in [1.807, 2.05) is 25.1 Å². The number of hydrogen-bond acceptors (Lipinski definition) is 5. The molecule has 1 N–H and O–H groups in total. The van der Waals surface area contributed by atoms with E-state index in [4.69, 9.17) is 23.2 Å². The summed E-state index contributed by atoms with van der Waals surface area (Å²) in [6.45, 7) is 3.97. The van der Waals surface area contributed by atoms with E-state index in [0.717, 1.165) is 53.6 Å². The number of benzene rings is 1. The number of aryl methyl sites for hydroxylation is 1. The van der Waals surface area contributed by atoms with Gasteiger partial charge in [0.2, 0.25) is 10.8 Å². The van der Waals surface area contributed by atoms with Crippen LogP contribution in [0.4, 0.5) is 0 Å². The summed E-state index contributed by atoms with van der Waals surface area (Å²) in [5, 5.41) is 16.3. The van der Waals surface area contributed by atoms with Gasteiger partial charge in [0.05, 0.1) is 21.0 Å². The third-order valence-corrected chi connectivity index (χ3v) is 6.63. The molecule has 0 amide bonds. The van der Waals surface area contributed by atoms with Crippen LogP contribution in [-0.4, -0.2) is 37.7 Å². The smallest absolute Gasteiger partial charge is 0.230 e. The number of aromatic hydroxyl groups is 1. The van der Waals surface area contributed by atoms with Crippen molar-refractivity contribution < 1.29 is 5.11 Å². The Balaban J connectivity index is 1.83. The van der Waals surface area contributed by atoms with Gasteiger partial charge in [0.25, 0.3) is 0 Å². The van der Waals surface area contributed by atoms with Gasteiger partial charge in [-0.15, -0.1) is 5.10 Å². The lowest BCUT2D eigenvalue weighted by Crippen LogP contribution is -2.34. The number of piperidine rings is 1. The first-order chi connectivity index (χ1) is 12.6. The van der Waals surface area contributed by atoms with Crippen molar-refractivity contribution >= 4 is 39.5 Å². The highest BCUT2D eigenvalue weighted by atomic mass is 35.5. The third kappa shape index (κ3) is 3.20. The molecule has 26 heavy (non-hydrogen) atoms. The van der Waals surface area contributed by atoms with Crippen LogP contribution < -0.4 is 0 Å². The molecule has 5 nitrogen and oxygen atoms in total. The zero-order chi connectivity index (χ0) is 18.3. The molecule has 1 atom stereocenters. The van der Waals surface area contributed by atoms with E-state index in [-0.39, 0.29) is 11.9 Å². The number of thiazole rings is 1. The second kappa shape index (κ2) is 7.35. The molecule has 3 heterocycles. The number of rotatable bonds is 4. The van der Waals surface area contributed by atoms with E-state index in [2.05, 4.69) is 15.0 Å². The fourth-order valence-corrected chi connectivity index (χ4v) is 4.95. The standard InChI is InChI=1S/C18H20Cl2N4OS/c1-2-14-21-18-24(22-14)17(25)16(26-18)15(23-8-4-3-5-9-23)11-6-7-12(19)13(20)10-11/h6-7,10,15,25H,2-5,8-9H2,1H3/t15-/m1/s1. The van der Waals surface area contributed by atoms with Gasteiger partial charge in [-0.3, -0.25) is 4.90 Å². The van der Waals surface area contributed by atoms with E-state index in [1.165, 1.54) is 17.8 Å². The average molecular weight is 411 g/mol. The monoisotopic (exact) mass is 410 g/mol. The predicted molar refractivity (Wildman–Crippen MR) is 106 cm³/mol. The fourth-order valence-electron chi connectivity index (χ4n) is 3.51. The summed E-state index contributed by atoms with van der Waals surface area (Å²) >= 11 is 13.9.